The van der Waals surface area contributed by atoms with Crippen molar-refractivity contribution in [2.24, 2.45) is 0 Å². The summed E-state index contributed by atoms with van der Waals surface area (Å²) in [5.74, 6) is -0.0493. The summed E-state index contributed by atoms with van der Waals surface area (Å²) in [4.78, 5) is 0. The largest absolute Gasteiger partial charge is 0.316 e. The van der Waals surface area contributed by atoms with E-state index in [0.717, 1.165) is 12.2 Å². The van der Waals surface area contributed by atoms with Crippen LogP contribution in [0, 0.1) is 11.6 Å². The molecule has 0 radical (unpaired) electrons. The van der Waals surface area contributed by atoms with E-state index in [1.165, 1.54) is 18.2 Å². The van der Waals surface area contributed by atoms with Crippen molar-refractivity contribution in [2.75, 3.05) is 12.8 Å². The van der Waals surface area contributed by atoms with Gasteiger partial charge in [-0.05, 0) is 32.0 Å². The average molecular weight is 273 g/mol. The molecule has 0 aromatic heterocycles. The molecule has 1 N–H and O–H groups in total. The van der Waals surface area contributed by atoms with Crippen LogP contribution >= 0.6 is 11.8 Å². The molecule has 2 atom stereocenters. The van der Waals surface area contributed by atoms with Crippen LogP contribution in [0.1, 0.15) is 25.8 Å². The standard InChI is InChI=1S/C14H21F2NS/c1-4-10(2)18-9-11(17-3)8-12-13(15)6-5-7-14(12)16/h5-7,10-11,17H,4,8-9H2,1-3H3. The lowest BCUT2D eigenvalue weighted by molar-refractivity contribution is 0.524. The maximum Gasteiger partial charge on any atom is 0.129 e. The highest BCUT2D eigenvalue weighted by Crippen LogP contribution is 2.19. The molecule has 2 unspecified atom stereocenters. The third-order valence-corrected chi connectivity index (χ3v) is 4.57. The SMILES string of the molecule is CCC(C)SCC(Cc1c(F)cccc1F)NC. The molecule has 0 aliphatic rings. The Labute approximate surface area is 112 Å². The van der Waals surface area contributed by atoms with Crippen molar-refractivity contribution in [1.29, 1.82) is 0 Å². The van der Waals surface area contributed by atoms with E-state index < -0.39 is 11.6 Å². The van der Waals surface area contributed by atoms with Gasteiger partial charge in [-0.25, -0.2) is 8.78 Å². The minimum absolute atomic E-state index is 0.0930. The molecule has 1 rings (SSSR count). The van der Waals surface area contributed by atoms with Crippen LogP contribution in [0.5, 0.6) is 0 Å². The Bertz CT molecular complexity index is 351. The van der Waals surface area contributed by atoms with E-state index in [-0.39, 0.29) is 11.6 Å². The first kappa shape index (κ1) is 15.4. The van der Waals surface area contributed by atoms with Crippen LogP contribution in [-0.4, -0.2) is 24.1 Å². The molecular formula is C14H21F2NS. The topological polar surface area (TPSA) is 12.0 Å². The van der Waals surface area contributed by atoms with Gasteiger partial charge in [0.2, 0.25) is 0 Å². The number of nitrogens with one attached hydrogen (secondary N) is 1. The Morgan fingerprint density at radius 1 is 1.28 bits per heavy atom. The van der Waals surface area contributed by atoms with Gasteiger partial charge in [0, 0.05) is 22.6 Å². The monoisotopic (exact) mass is 273 g/mol. The lowest BCUT2D eigenvalue weighted by atomic mass is 10.1. The zero-order chi connectivity index (χ0) is 13.5. The van der Waals surface area contributed by atoms with Crippen LogP contribution in [0.4, 0.5) is 8.78 Å². The molecule has 1 aromatic rings. The van der Waals surface area contributed by atoms with Crippen LogP contribution in [-0.2, 0) is 6.42 Å². The molecule has 0 heterocycles. The van der Waals surface area contributed by atoms with E-state index in [1.54, 1.807) is 0 Å². The molecular weight excluding hydrogens is 252 g/mol. The second-order valence-electron chi connectivity index (χ2n) is 4.44. The maximum atomic E-state index is 13.5. The molecule has 0 amide bonds. The van der Waals surface area contributed by atoms with Crippen LogP contribution in [0.2, 0.25) is 0 Å². The van der Waals surface area contributed by atoms with Gasteiger partial charge in [-0.15, -0.1) is 0 Å². The van der Waals surface area contributed by atoms with Crippen molar-refractivity contribution in [3.8, 4) is 0 Å². The van der Waals surface area contributed by atoms with E-state index >= 15 is 0 Å². The van der Waals surface area contributed by atoms with Crippen LogP contribution in [0.25, 0.3) is 0 Å². The van der Waals surface area contributed by atoms with Gasteiger partial charge in [-0.3, -0.25) is 0 Å². The second-order valence-corrected chi connectivity index (χ2v) is 5.91. The second kappa shape index (κ2) is 7.74. The summed E-state index contributed by atoms with van der Waals surface area (Å²) in [5.41, 5.74) is 0.182. The molecule has 0 spiro atoms. The van der Waals surface area contributed by atoms with Gasteiger partial charge in [0.25, 0.3) is 0 Å². The normalized spacial score (nSPS) is 14.5. The first-order valence-corrected chi connectivity index (χ1v) is 7.35. The van der Waals surface area contributed by atoms with Crippen molar-refractivity contribution in [3.05, 3.63) is 35.4 Å². The molecule has 1 aromatic carbocycles. The number of halogens is 2. The number of rotatable bonds is 7. The Morgan fingerprint density at radius 2 is 1.89 bits per heavy atom. The zero-order valence-electron chi connectivity index (χ0n) is 11.2. The van der Waals surface area contributed by atoms with E-state index in [4.69, 9.17) is 0 Å². The first-order chi connectivity index (χ1) is 8.58. The predicted molar refractivity (Wildman–Crippen MR) is 75.1 cm³/mol. The Morgan fingerprint density at radius 3 is 2.39 bits per heavy atom. The average Bonchev–Trinajstić information content (AvgIpc) is 2.37. The van der Waals surface area contributed by atoms with Crippen LogP contribution < -0.4 is 5.32 Å². The minimum Gasteiger partial charge on any atom is -0.316 e. The van der Waals surface area contributed by atoms with Crippen LogP contribution in [0.3, 0.4) is 0 Å². The highest BCUT2D eigenvalue weighted by molar-refractivity contribution is 7.99. The summed E-state index contributed by atoms with van der Waals surface area (Å²) in [6.07, 6.45) is 1.49. The molecule has 1 nitrogen and oxygen atoms in total. The summed E-state index contributed by atoms with van der Waals surface area (Å²) in [7, 11) is 1.83. The number of likely N-dealkylation sites (N-methyl/N-ethyl adjacent to an activating group) is 1. The predicted octanol–water partition coefficient (Wildman–Crippen LogP) is 3.63. The molecule has 0 fully saturated rings. The van der Waals surface area contributed by atoms with Crippen molar-refractivity contribution < 1.29 is 8.78 Å². The fourth-order valence-corrected chi connectivity index (χ4v) is 2.70. The molecule has 0 saturated carbocycles. The number of hydrogen-bond acceptors (Lipinski definition) is 2. The van der Waals surface area contributed by atoms with Gasteiger partial charge < -0.3 is 5.32 Å². The fourth-order valence-electron chi connectivity index (χ4n) is 1.62. The maximum absolute atomic E-state index is 13.5. The number of thioether (sulfide) groups is 1. The van der Waals surface area contributed by atoms with Crippen molar-refractivity contribution >= 4 is 11.8 Å². The fraction of sp³-hybridized carbons (Fsp3) is 0.571. The summed E-state index contributed by atoms with van der Waals surface area (Å²) >= 11 is 1.83. The third-order valence-electron chi connectivity index (χ3n) is 3.08. The van der Waals surface area contributed by atoms with E-state index in [1.807, 2.05) is 18.8 Å². The smallest absolute Gasteiger partial charge is 0.129 e. The molecule has 102 valence electrons. The quantitative estimate of drug-likeness (QED) is 0.814. The van der Waals surface area contributed by atoms with Gasteiger partial charge in [0.05, 0.1) is 0 Å². The number of benzene rings is 1. The summed E-state index contributed by atoms with van der Waals surface area (Å²) in [6.45, 7) is 4.31. The molecule has 0 aliphatic carbocycles. The van der Waals surface area contributed by atoms with E-state index in [0.29, 0.717) is 11.7 Å². The molecule has 0 saturated heterocycles. The van der Waals surface area contributed by atoms with E-state index in [2.05, 4.69) is 19.2 Å². The highest BCUT2D eigenvalue weighted by atomic mass is 32.2. The van der Waals surface area contributed by atoms with Crippen molar-refractivity contribution in [2.45, 2.75) is 38.0 Å². The molecule has 18 heavy (non-hydrogen) atoms. The van der Waals surface area contributed by atoms with Gasteiger partial charge in [-0.1, -0.05) is 19.9 Å². The van der Waals surface area contributed by atoms with Crippen molar-refractivity contribution in [1.82, 2.24) is 5.32 Å². The Hall–Kier alpha value is -0.610. The van der Waals surface area contributed by atoms with Gasteiger partial charge in [0.1, 0.15) is 11.6 Å². The van der Waals surface area contributed by atoms with E-state index in [9.17, 15) is 8.78 Å². The Balaban J connectivity index is 2.62. The lowest BCUT2D eigenvalue weighted by Crippen LogP contribution is -2.31. The molecule has 0 bridgehead atoms. The summed E-state index contributed by atoms with van der Waals surface area (Å²) < 4.78 is 27.1. The van der Waals surface area contributed by atoms with Gasteiger partial charge in [-0.2, -0.15) is 11.8 Å². The zero-order valence-corrected chi connectivity index (χ0v) is 12.0. The minimum atomic E-state index is -0.455. The van der Waals surface area contributed by atoms with Gasteiger partial charge in [0.15, 0.2) is 0 Å². The highest BCUT2D eigenvalue weighted by Gasteiger charge is 2.15. The van der Waals surface area contributed by atoms with Crippen LogP contribution in [0.15, 0.2) is 18.2 Å². The molecule has 0 aliphatic heterocycles. The van der Waals surface area contributed by atoms with Crippen molar-refractivity contribution in [3.63, 3.8) is 0 Å². The summed E-state index contributed by atoms with van der Waals surface area (Å²) in [5, 5.41) is 3.71. The Kier molecular flexibility index (Phi) is 6.65. The molecule has 4 heteroatoms. The summed E-state index contributed by atoms with van der Waals surface area (Å²) in [6, 6.07) is 4.12. The lowest BCUT2D eigenvalue weighted by Gasteiger charge is -2.18. The number of hydrogen-bond donors (Lipinski definition) is 1. The first-order valence-electron chi connectivity index (χ1n) is 6.30. The third kappa shape index (κ3) is 4.58. The van der Waals surface area contributed by atoms with Gasteiger partial charge >= 0.3 is 0 Å².